The molecule has 1 saturated heterocycles. The summed E-state index contributed by atoms with van der Waals surface area (Å²) in [5, 5.41) is 22.6. The summed E-state index contributed by atoms with van der Waals surface area (Å²) in [4.78, 5) is 15.4. The fourth-order valence-corrected chi connectivity index (χ4v) is 6.68. The van der Waals surface area contributed by atoms with E-state index in [2.05, 4.69) is 4.90 Å². The molecule has 2 N–H and O–H groups in total. The zero-order valence-electron chi connectivity index (χ0n) is 15.1. The summed E-state index contributed by atoms with van der Waals surface area (Å²) in [6.45, 7) is 3.96. The van der Waals surface area contributed by atoms with Crippen molar-refractivity contribution in [3.8, 4) is 11.5 Å². The minimum Gasteiger partial charge on any atom is -0.504 e. The molecule has 2 heterocycles. The second-order valence-electron chi connectivity index (χ2n) is 9.22. The van der Waals surface area contributed by atoms with E-state index in [0.717, 1.165) is 43.0 Å². The molecule has 1 unspecified atom stereocenters. The van der Waals surface area contributed by atoms with Crippen LogP contribution in [0.3, 0.4) is 0 Å². The Morgan fingerprint density at radius 2 is 2.12 bits per heavy atom. The molecule has 1 aromatic rings. The van der Waals surface area contributed by atoms with Crippen LogP contribution < -0.4 is 4.74 Å². The van der Waals surface area contributed by atoms with E-state index in [9.17, 15) is 15.0 Å². The fraction of sp³-hybridized carbons (Fsp3) is 0.667. The summed E-state index contributed by atoms with van der Waals surface area (Å²) in [7, 11) is 0. The summed E-state index contributed by atoms with van der Waals surface area (Å²) < 4.78 is 6.09. The highest BCUT2D eigenvalue weighted by molar-refractivity contribution is 5.90. The number of carbonyl (C=O) groups excluding carboxylic acids is 1. The van der Waals surface area contributed by atoms with E-state index in [-0.39, 0.29) is 23.5 Å². The van der Waals surface area contributed by atoms with E-state index >= 15 is 0 Å². The SMILES string of the molecule is CC1CC(=O)[C@@H]2Oc3c(O)ccc4c3[C@@]23CCN(CC2CC2)[C@H](C4)[C@]13O. The van der Waals surface area contributed by atoms with Crippen LogP contribution in [0.15, 0.2) is 12.1 Å². The van der Waals surface area contributed by atoms with Gasteiger partial charge in [-0.1, -0.05) is 13.0 Å². The molecule has 5 atom stereocenters. The third-order valence-electron chi connectivity index (χ3n) is 7.96. The van der Waals surface area contributed by atoms with Crippen molar-refractivity contribution in [2.45, 2.75) is 62.2 Å². The van der Waals surface area contributed by atoms with E-state index in [0.29, 0.717) is 12.2 Å². The standard InChI is InChI=1S/C21H25NO4/c1-11-8-15(24)19-20-6-7-22(10-12-2-3-12)16(21(11,20)25)9-13-4-5-14(23)18(26-19)17(13)20/h4-5,11-12,16,19,23,25H,2-3,6-10H2,1H3/t11?,16-,19+,20+,21-/m1/s1. The van der Waals surface area contributed by atoms with Crippen LogP contribution in [0.1, 0.15) is 43.7 Å². The maximum Gasteiger partial charge on any atom is 0.174 e. The molecule has 0 amide bonds. The molecule has 2 aliphatic heterocycles. The molecular weight excluding hydrogens is 330 g/mol. The lowest BCUT2D eigenvalue weighted by Crippen LogP contribution is -2.79. The molecule has 1 spiro atoms. The molecule has 26 heavy (non-hydrogen) atoms. The van der Waals surface area contributed by atoms with Crippen molar-refractivity contribution >= 4 is 5.78 Å². The number of hydrogen-bond donors (Lipinski definition) is 2. The number of rotatable bonds is 2. The van der Waals surface area contributed by atoms with E-state index in [1.54, 1.807) is 6.07 Å². The maximum atomic E-state index is 12.9. The average molecular weight is 355 g/mol. The first-order valence-corrected chi connectivity index (χ1v) is 9.98. The second-order valence-corrected chi connectivity index (χ2v) is 9.22. The van der Waals surface area contributed by atoms with Crippen molar-refractivity contribution < 1.29 is 19.7 Å². The Kier molecular flexibility index (Phi) is 2.75. The van der Waals surface area contributed by atoms with Crippen LogP contribution >= 0.6 is 0 Å². The number of phenolic OH excluding ortho intramolecular Hbond substituents is 1. The first kappa shape index (κ1) is 15.5. The monoisotopic (exact) mass is 355 g/mol. The number of phenols is 1. The quantitative estimate of drug-likeness (QED) is 0.846. The Morgan fingerprint density at radius 1 is 1.31 bits per heavy atom. The lowest BCUT2D eigenvalue weighted by Gasteiger charge is -2.64. The molecule has 0 radical (unpaired) electrons. The third kappa shape index (κ3) is 1.55. The zero-order chi connectivity index (χ0) is 17.8. The number of Topliss-reactive ketones (excluding diaryl/α,β-unsaturated/α-hetero) is 1. The molecule has 3 fully saturated rings. The van der Waals surface area contributed by atoms with Crippen LogP contribution in [0, 0.1) is 11.8 Å². The fourth-order valence-electron chi connectivity index (χ4n) is 6.68. The van der Waals surface area contributed by atoms with Gasteiger partial charge in [-0.2, -0.15) is 0 Å². The first-order chi connectivity index (χ1) is 12.5. The van der Waals surface area contributed by atoms with E-state index in [1.165, 1.54) is 12.8 Å². The minimum absolute atomic E-state index is 0.0223. The number of nitrogens with zero attached hydrogens (tertiary/aromatic N) is 1. The maximum absolute atomic E-state index is 12.9. The van der Waals surface area contributed by atoms with Crippen LogP contribution in [-0.2, 0) is 16.6 Å². The van der Waals surface area contributed by atoms with Gasteiger partial charge in [0.15, 0.2) is 23.4 Å². The molecule has 0 aromatic heterocycles. The van der Waals surface area contributed by atoms with Gasteiger partial charge in [0.05, 0.1) is 11.0 Å². The second kappa shape index (κ2) is 4.63. The number of hydrogen-bond acceptors (Lipinski definition) is 5. The van der Waals surface area contributed by atoms with E-state index in [1.807, 2.05) is 13.0 Å². The molecular formula is C21H25NO4. The van der Waals surface area contributed by atoms with Gasteiger partial charge in [0.2, 0.25) is 0 Å². The predicted octanol–water partition coefficient (Wildman–Crippen LogP) is 1.77. The Bertz CT molecular complexity index is 834. The number of aliphatic hydroxyl groups is 1. The van der Waals surface area contributed by atoms with E-state index < -0.39 is 17.1 Å². The Balaban J connectivity index is 1.60. The zero-order valence-corrected chi connectivity index (χ0v) is 15.1. The van der Waals surface area contributed by atoms with Gasteiger partial charge in [-0.05, 0) is 55.7 Å². The molecule has 1 aromatic carbocycles. The number of carbonyl (C=O) groups is 1. The molecule has 5 heteroatoms. The van der Waals surface area contributed by atoms with Crippen molar-refractivity contribution in [3.63, 3.8) is 0 Å². The van der Waals surface area contributed by atoms with Gasteiger partial charge in [0.25, 0.3) is 0 Å². The topological polar surface area (TPSA) is 70.0 Å². The first-order valence-electron chi connectivity index (χ1n) is 9.98. The highest BCUT2D eigenvalue weighted by atomic mass is 16.5. The van der Waals surface area contributed by atoms with Crippen molar-refractivity contribution in [2.75, 3.05) is 13.1 Å². The molecule has 2 bridgehead atoms. The highest BCUT2D eigenvalue weighted by Gasteiger charge is 2.75. The summed E-state index contributed by atoms with van der Waals surface area (Å²) in [6.07, 6.45) is 3.76. The van der Waals surface area contributed by atoms with Crippen molar-refractivity contribution in [1.29, 1.82) is 0 Å². The Morgan fingerprint density at radius 3 is 2.88 bits per heavy atom. The molecule has 138 valence electrons. The van der Waals surface area contributed by atoms with Gasteiger partial charge < -0.3 is 14.9 Å². The molecule has 3 aliphatic carbocycles. The smallest absolute Gasteiger partial charge is 0.174 e. The van der Waals surface area contributed by atoms with Crippen LogP contribution in [0.5, 0.6) is 11.5 Å². The minimum atomic E-state index is -0.981. The van der Waals surface area contributed by atoms with Gasteiger partial charge in [-0.3, -0.25) is 9.69 Å². The predicted molar refractivity (Wildman–Crippen MR) is 94.3 cm³/mol. The van der Waals surface area contributed by atoms with Crippen LogP contribution in [-0.4, -0.2) is 51.7 Å². The normalized spacial score (nSPS) is 43.2. The van der Waals surface area contributed by atoms with E-state index in [4.69, 9.17) is 4.74 Å². The van der Waals surface area contributed by atoms with Crippen molar-refractivity contribution in [2.24, 2.45) is 11.8 Å². The third-order valence-corrected chi connectivity index (χ3v) is 7.96. The number of aromatic hydroxyl groups is 1. The van der Waals surface area contributed by atoms with Crippen LogP contribution in [0.25, 0.3) is 0 Å². The van der Waals surface area contributed by atoms with Gasteiger partial charge in [0, 0.05) is 24.6 Å². The lowest BCUT2D eigenvalue weighted by molar-refractivity contribution is -0.209. The lowest BCUT2D eigenvalue weighted by atomic mass is 9.46. The Hall–Kier alpha value is -1.59. The number of piperidine rings is 1. The van der Waals surface area contributed by atoms with Crippen LogP contribution in [0.4, 0.5) is 0 Å². The molecule has 5 aliphatic rings. The number of ketones is 1. The number of benzene rings is 1. The van der Waals surface area contributed by atoms with Gasteiger partial charge in [-0.25, -0.2) is 0 Å². The molecule has 6 rings (SSSR count). The summed E-state index contributed by atoms with van der Waals surface area (Å²) >= 11 is 0. The number of likely N-dealkylation sites (tertiary alicyclic amines) is 1. The van der Waals surface area contributed by atoms with Gasteiger partial charge >= 0.3 is 0 Å². The summed E-state index contributed by atoms with van der Waals surface area (Å²) in [5.74, 6) is 1.26. The largest absolute Gasteiger partial charge is 0.504 e. The Labute approximate surface area is 152 Å². The molecule has 2 saturated carbocycles. The van der Waals surface area contributed by atoms with Gasteiger partial charge in [0.1, 0.15) is 0 Å². The highest BCUT2D eigenvalue weighted by Crippen LogP contribution is 2.66. The van der Waals surface area contributed by atoms with Gasteiger partial charge in [-0.15, -0.1) is 0 Å². The summed E-state index contributed by atoms with van der Waals surface area (Å²) in [6, 6.07) is 3.68. The van der Waals surface area contributed by atoms with Crippen LogP contribution in [0.2, 0.25) is 0 Å². The number of ether oxygens (including phenoxy) is 1. The van der Waals surface area contributed by atoms with Crippen molar-refractivity contribution in [3.05, 3.63) is 23.3 Å². The van der Waals surface area contributed by atoms with Crippen molar-refractivity contribution in [1.82, 2.24) is 4.90 Å². The summed E-state index contributed by atoms with van der Waals surface area (Å²) in [5.41, 5.74) is 0.378. The average Bonchev–Trinajstić information content (AvgIpc) is 3.34. The molecule has 5 nitrogen and oxygen atoms in total.